The fourth-order valence-corrected chi connectivity index (χ4v) is 2.06. The Morgan fingerprint density at radius 1 is 1.33 bits per heavy atom. The summed E-state index contributed by atoms with van der Waals surface area (Å²) < 4.78 is 37.9. The number of hydrogen-bond donors (Lipinski definition) is 1. The highest BCUT2D eigenvalue weighted by molar-refractivity contribution is 9.10. The van der Waals surface area contributed by atoms with E-state index in [1.807, 2.05) is 0 Å². The van der Waals surface area contributed by atoms with Gasteiger partial charge in [-0.25, -0.2) is 9.78 Å². The fourth-order valence-electron chi connectivity index (χ4n) is 1.52. The number of nitrogens with zero attached hydrogens (tertiary/aromatic N) is 1. The van der Waals surface area contributed by atoms with Crippen molar-refractivity contribution in [2.75, 3.05) is 0 Å². The maximum atomic E-state index is 12.6. The maximum Gasteiger partial charge on any atom is 0.433 e. The van der Waals surface area contributed by atoms with Crippen LogP contribution in [0.4, 0.5) is 13.2 Å². The predicted octanol–water partition coefficient (Wildman–Crippen LogP) is 3.71. The average Bonchev–Trinajstić information content (AvgIpc) is 2.26. The summed E-state index contributed by atoms with van der Waals surface area (Å²) in [6.45, 7) is 0. The van der Waals surface area contributed by atoms with Crippen LogP contribution in [0.25, 0.3) is 10.9 Å². The molecular weight excluding hydrogens is 315 g/mol. The topological polar surface area (TPSA) is 50.2 Å². The lowest BCUT2D eigenvalue weighted by molar-refractivity contribution is -0.141. The Balaban J connectivity index is 2.85. The van der Waals surface area contributed by atoms with Gasteiger partial charge in [0.05, 0.1) is 11.1 Å². The average molecular weight is 320 g/mol. The molecule has 7 heteroatoms. The Kier molecular flexibility index (Phi) is 3.02. The summed E-state index contributed by atoms with van der Waals surface area (Å²) in [7, 11) is 0. The number of alkyl halides is 3. The number of carboxylic acid groups (broad SMARTS) is 1. The molecule has 0 fully saturated rings. The first-order chi connectivity index (χ1) is 8.30. The number of benzene rings is 1. The molecule has 0 aliphatic carbocycles. The van der Waals surface area contributed by atoms with Crippen molar-refractivity contribution in [2.24, 2.45) is 0 Å². The van der Waals surface area contributed by atoms with Crippen LogP contribution in [-0.2, 0) is 6.18 Å². The van der Waals surface area contributed by atoms with Gasteiger partial charge in [-0.05, 0) is 12.1 Å². The zero-order valence-corrected chi connectivity index (χ0v) is 10.2. The second-order valence-corrected chi connectivity index (χ2v) is 4.35. The van der Waals surface area contributed by atoms with Crippen molar-refractivity contribution in [3.63, 3.8) is 0 Å². The van der Waals surface area contributed by atoms with Crippen LogP contribution in [0.15, 0.2) is 28.7 Å². The SMILES string of the molecule is O=C(O)c1cccc2c(Br)cc(C(F)(F)F)nc12. The Bertz CT molecular complexity index is 640. The molecule has 1 aromatic heterocycles. The lowest BCUT2D eigenvalue weighted by Gasteiger charge is -2.09. The number of aromatic carboxylic acids is 1. The fraction of sp³-hybridized carbons (Fsp3) is 0.0909. The molecule has 0 saturated heterocycles. The van der Waals surface area contributed by atoms with Crippen molar-refractivity contribution in [2.45, 2.75) is 6.18 Å². The van der Waals surface area contributed by atoms with Crippen LogP contribution < -0.4 is 0 Å². The van der Waals surface area contributed by atoms with Crippen LogP contribution in [0.5, 0.6) is 0 Å². The van der Waals surface area contributed by atoms with E-state index >= 15 is 0 Å². The van der Waals surface area contributed by atoms with Gasteiger partial charge < -0.3 is 5.11 Å². The minimum atomic E-state index is -4.62. The number of para-hydroxylation sites is 1. The molecule has 0 spiro atoms. The molecule has 0 saturated carbocycles. The quantitative estimate of drug-likeness (QED) is 0.871. The van der Waals surface area contributed by atoms with E-state index < -0.39 is 17.8 Å². The molecular formula is C11H5BrF3NO2. The molecule has 18 heavy (non-hydrogen) atoms. The van der Waals surface area contributed by atoms with Crippen molar-refractivity contribution in [1.82, 2.24) is 4.98 Å². The maximum absolute atomic E-state index is 12.6. The first-order valence-electron chi connectivity index (χ1n) is 4.70. The Hall–Kier alpha value is -1.63. The number of carboxylic acids is 1. The summed E-state index contributed by atoms with van der Waals surface area (Å²) in [6, 6.07) is 4.99. The molecule has 0 atom stereocenters. The second kappa shape index (κ2) is 4.24. The van der Waals surface area contributed by atoms with E-state index in [0.29, 0.717) is 5.39 Å². The number of pyridine rings is 1. The number of carbonyl (C=O) groups is 1. The zero-order chi connectivity index (χ0) is 13.5. The molecule has 1 heterocycles. The van der Waals surface area contributed by atoms with Gasteiger partial charge in [0.15, 0.2) is 0 Å². The van der Waals surface area contributed by atoms with E-state index in [1.165, 1.54) is 18.2 Å². The van der Waals surface area contributed by atoms with Gasteiger partial charge in [-0.3, -0.25) is 0 Å². The van der Waals surface area contributed by atoms with Crippen molar-refractivity contribution in [1.29, 1.82) is 0 Å². The second-order valence-electron chi connectivity index (χ2n) is 3.49. The van der Waals surface area contributed by atoms with Crippen LogP contribution in [0, 0.1) is 0 Å². The van der Waals surface area contributed by atoms with Crippen LogP contribution in [-0.4, -0.2) is 16.1 Å². The van der Waals surface area contributed by atoms with E-state index in [-0.39, 0.29) is 15.6 Å². The van der Waals surface area contributed by atoms with Crippen LogP contribution in [0.3, 0.4) is 0 Å². The number of aromatic nitrogens is 1. The van der Waals surface area contributed by atoms with Crippen molar-refractivity contribution in [3.05, 3.63) is 40.0 Å². The standard InChI is InChI=1S/C11H5BrF3NO2/c12-7-4-8(11(13,14)15)16-9-5(7)2-1-3-6(9)10(17)18/h1-4H,(H,17,18). The highest BCUT2D eigenvalue weighted by atomic mass is 79.9. The van der Waals surface area contributed by atoms with Gasteiger partial charge in [0.2, 0.25) is 0 Å². The molecule has 0 amide bonds. The lowest BCUT2D eigenvalue weighted by atomic mass is 10.1. The summed E-state index contributed by atoms with van der Waals surface area (Å²) in [5.41, 5.74) is -1.58. The molecule has 2 aromatic rings. The first kappa shape index (κ1) is 12.8. The predicted molar refractivity (Wildman–Crippen MR) is 61.4 cm³/mol. The summed E-state index contributed by atoms with van der Waals surface area (Å²) in [5.74, 6) is -1.32. The van der Waals surface area contributed by atoms with E-state index in [2.05, 4.69) is 20.9 Å². The van der Waals surface area contributed by atoms with Gasteiger partial charge in [0.1, 0.15) is 5.69 Å². The molecule has 0 bridgehead atoms. The third kappa shape index (κ3) is 2.17. The van der Waals surface area contributed by atoms with Gasteiger partial charge >= 0.3 is 12.1 Å². The first-order valence-corrected chi connectivity index (χ1v) is 5.50. The third-order valence-electron chi connectivity index (χ3n) is 2.31. The van der Waals surface area contributed by atoms with Crippen molar-refractivity contribution >= 4 is 32.8 Å². The van der Waals surface area contributed by atoms with E-state index in [9.17, 15) is 18.0 Å². The summed E-state index contributed by atoms with van der Waals surface area (Å²) in [6.07, 6.45) is -4.62. The van der Waals surface area contributed by atoms with Gasteiger partial charge in [0.25, 0.3) is 0 Å². The number of fused-ring (bicyclic) bond motifs is 1. The molecule has 0 unspecified atom stereocenters. The molecule has 0 aliphatic heterocycles. The van der Waals surface area contributed by atoms with Crippen LogP contribution in [0.1, 0.15) is 16.1 Å². The van der Waals surface area contributed by atoms with Gasteiger partial charge in [-0.2, -0.15) is 13.2 Å². The molecule has 0 aliphatic rings. The van der Waals surface area contributed by atoms with Gasteiger partial charge in [-0.1, -0.05) is 28.1 Å². The number of hydrogen-bond acceptors (Lipinski definition) is 2. The van der Waals surface area contributed by atoms with E-state index in [0.717, 1.165) is 6.07 Å². The Labute approximate surface area is 107 Å². The van der Waals surface area contributed by atoms with Crippen LogP contribution in [0.2, 0.25) is 0 Å². The minimum absolute atomic E-state index is 0.155. The van der Waals surface area contributed by atoms with Crippen molar-refractivity contribution < 1.29 is 23.1 Å². The van der Waals surface area contributed by atoms with Crippen molar-refractivity contribution in [3.8, 4) is 0 Å². The zero-order valence-electron chi connectivity index (χ0n) is 8.62. The largest absolute Gasteiger partial charge is 0.478 e. The molecule has 3 nitrogen and oxygen atoms in total. The van der Waals surface area contributed by atoms with E-state index in [4.69, 9.17) is 5.11 Å². The van der Waals surface area contributed by atoms with E-state index in [1.54, 1.807) is 0 Å². The normalized spacial score (nSPS) is 11.8. The highest BCUT2D eigenvalue weighted by Gasteiger charge is 2.33. The lowest BCUT2D eigenvalue weighted by Crippen LogP contribution is -2.09. The van der Waals surface area contributed by atoms with Gasteiger partial charge in [0, 0.05) is 9.86 Å². The molecule has 1 aromatic carbocycles. The monoisotopic (exact) mass is 319 g/mol. The Morgan fingerprint density at radius 3 is 2.56 bits per heavy atom. The molecule has 1 N–H and O–H groups in total. The smallest absolute Gasteiger partial charge is 0.433 e. The molecule has 94 valence electrons. The molecule has 2 rings (SSSR count). The minimum Gasteiger partial charge on any atom is -0.478 e. The third-order valence-corrected chi connectivity index (χ3v) is 2.97. The Morgan fingerprint density at radius 2 is 2.00 bits per heavy atom. The summed E-state index contributed by atoms with van der Waals surface area (Å²) in [5, 5.41) is 9.25. The number of rotatable bonds is 1. The highest BCUT2D eigenvalue weighted by Crippen LogP contribution is 2.33. The molecule has 0 radical (unpaired) electrons. The number of halogens is 4. The summed E-state index contributed by atoms with van der Waals surface area (Å²) in [4.78, 5) is 14.3. The summed E-state index contributed by atoms with van der Waals surface area (Å²) >= 11 is 2.99. The van der Waals surface area contributed by atoms with Gasteiger partial charge in [-0.15, -0.1) is 0 Å². The van der Waals surface area contributed by atoms with Crippen LogP contribution >= 0.6 is 15.9 Å².